The van der Waals surface area contributed by atoms with Crippen LogP contribution in [0.1, 0.15) is 18.2 Å². The second kappa shape index (κ2) is 9.36. The van der Waals surface area contributed by atoms with Crippen LogP contribution in [0.25, 0.3) is 44.2 Å². The van der Waals surface area contributed by atoms with Crippen LogP contribution in [-0.4, -0.2) is 32.8 Å². The van der Waals surface area contributed by atoms with Crippen molar-refractivity contribution < 1.29 is 9.15 Å². The molecule has 0 radical (unpaired) electrons. The van der Waals surface area contributed by atoms with Gasteiger partial charge in [0.1, 0.15) is 12.4 Å². The van der Waals surface area contributed by atoms with Crippen molar-refractivity contribution in [2.75, 3.05) is 6.61 Å². The first-order valence-corrected chi connectivity index (χ1v) is 12.1. The van der Waals surface area contributed by atoms with E-state index in [0.29, 0.717) is 18.8 Å². The summed E-state index contributed by atoms with van der Waals surface area (Å²) in [6.07, 6.45) is 8.71. The third-order valence-electron chi connectivity index (χ3n) is 6.57. The molecule has 0 unspecified atom stereocenters. The Kier molecular flexibility index (Phi) is 5.75. The number of ether oxygens (including phenoxy) is 1. The zero-order chi connectivity index (χ0) is 24.5. The number of benzene rings is 2. The van der Waals surface area contributed by atoms with Crippen LogP contribution in [0.15, 0.2) is 83.9 Å². The van der Waals surface area contributed by atoms with Gasteiger partial charge in [0.25, 0.3) is 0 Å². The molecule has 0 aliphatic rings. The minimum Gasteiger partial charge on any atom is -0.490 e. The molecule has 4 aromatic heterocycles. The van der Waals surface area contributed by atoms with E-state index in [4.69, 9.17) is 19.9 Å². The van der Waals surface area contributed by atoms with Crippen molar-refractivity contribution in [1.29, 1.82) is 0 Å². The van der Waals surface area contributed by atoms with Crippen LogP contribution in [-0.2, 0) is 12.8 Å². The van der Waals surface area contributed by atoms with Crippen LogP contribution < -0.4 is 10.5 Å². The molecule has 180 valence electrons. The average molecular weight is 478 g/mol. The van der Waals surface area contributed by atoms with Crippen LogP contribution in [0.3, 0.4) is 0 Å². The summed E-state index contributed by atoms with van der Waals surface area (Å²) in [5.41, 5.74) is 14.6. The smallest absolute Gasteiger partial charge is 0.138 e. The molecule has 4 heterocycles. The van der Waals surface area contributed by atoms with Gasteiger partial charge in [-0.05, 0) is 54.3 Å². The predicted molar refractivity (Wildman–Crippen MR) is 142 cm³/mol. The first-order valence-electron chi connectivity index (χ1n) is 12.1. The lowest BCUT2D eigenvalue weighted by molar-refractivity contribution is 0.287. The number of hydrogen-bond acceptors (Lipinski definition) is 5. The van der Waals surface area contributed by atoms with Crippen LogP contribution in [0.4, 0.5) is 0 Å². The molecule has 4 N–H and O–H groups in total. The number of H-pyrrole nitrogens is 2. The number of para-hydroxylation sites is 1. The van der Waals surface area contributed by atoms with Gasteiger partial charge in [-0.3, -0.25) is 10.1 Å². The van der Waals surface area contributed by atoms with Crippen LogP contribution in [0, 0.1) is 0 Å². The van der Waals surface area contributed by atoms with Gasteiger partial charge in [-0.25, -0.2) is 0 Å². The number of aromatic nitrogens is 4. The molecule has 0 amide bonds. The number of pyridine rings is 1. The maximum Gasteiger partial charge on any atom is 0.138 e. The van der Waals surface area contributed by atoms with Crippen LogP contribution in [0.2, 0.25) is 0 Å². The Balaban J connectivity index is 1.28. The van der Waals surface area contributed by atoms with Crippen molar-refractivity contribution >= 4 is 21.8 Å². The summed E-state index contributed by atoms with van der Waals surface area (Å²) in [6.45, 7) is 2.49. The quantitative estimate of drug-likeness (QED) is 0.254. The monoisotopic (exact) mass is 477 g/mol. The van der Waals surface area contributed by atoms with Crippen molar-refractivity contribution in [1.82, 2.24) is 20.2 Å². The van der Waals surface area contributed by atoms with E-state index in [9.17, 15) is 0 Å². The van der Waals surface area contributed by atoms with Gasteiger partial charge in [0.2, 0.25) is 0 Å². The number of aromatic amines is 2. The number of rotatable bonds is 8. The van der Waals surface area contributed by atoms with Gasteiger partial charge in [0.05, 0.1) is 35.6 Å². The molecule has 7 heteroatoms. The number of furan rings is 1. The number of nitrogens with one attached hydrogen (secondary N) is 2. The number of hydrogen-bond donors (Lipinski definition) is 3. The predicted octanol–water partition coefficient (Wildman–Crippen LogP) is 5.88. The number of fused-ring (bicyclic) bond motifs is 2. The van der Waals surface area contributed by atoms with Gasteiger partial charge < -0.3 is 19.9 Å². The lowest BCUT2D eigenvalue weighted by Crippen LogP contribution is -2.30. The van der Waals surface area contributed by atoms with E-state index in [2.05, 4.69) is 52.4 Å². The Labute approximate surface area is 208 Å². The van der Waals surface area contributed by atoms with Gasteiger partial charge in [0, 0.05) is 39.7 Å². The summed E-state index contributed by atoms with van der Waals surface area (Å²) in [5.74, 6) is 0.676. The van der Waals surface area contributed by atoms with Crippen molar-refractivity contribution in [3.05, 3.63) is 90.8 Å². The average Bonchev–Trinajstić information content (AvgIpc) is 3.67. The minimum absolute atomic E-state index is 0.157. The van der Waals surface area contributed by atoms with Gasteiger partial charge in [-0.1, -0.05) is 31.2 Å². The zero-order valence-electron chi connectivity index (χ0n) is 20.0. The first kappa shape index (κ1) is 22.1. The number of nitrogens with two attached hydrogens (primary N) is 1. The largest absolute Gasteiger partial charge is 0.490 e. The summed E-state index contributed by atoms with van der Waals surface area (Å²) in [5, 5.41) is 9.86. The molecule has 2 aromatic carbocycles. The van der Waals surface area contributed by atoms with E-state index in [1.165, 1.54) is 10.9 Å². The van der Waals surface area contributed by atoms with Crippen molar-refractivity contribution in [3.8, 4) is 28.1 Å². The SMILES string of the molecule is CCc1n[nH]c2ccc(-c3cc(OC[C@@H](N)Cc4c[nH]c5ccccc45)cnc3-c3ccoc3)cc12. The lowest BCUT2D eigenvalue weighted by atomic mass is 9.98. The molecule has 0 fully saturated rings. The normalized spacial score (nSPS) is 12.4. The van der Waals surface area contributed by atoms with E-state index in [-0.39, 0.29) is 6.04 Å². The number of aryl methyl sites for hydroxylation is 1. The fourth-order valence-corrected chi connectivity index (χ4v) is 4.72. The third kappa shape index (κ3) is 4.14. The van der Waals surface area contributed by atoms with Gasteiger partial charge in [0.15, 0.2) is 0 Å². The van der Waals surface area contributed by atoms with E-state index in [0.717, 1.165) is 50.9 Å². The molecule has 0 spiro atoms. The first-order chi connectivity index (χ1) is 17.7. The van der Waals surface area contributed by atoms with Crippen LogP contribution in [0.5, 0.6) is 5.75 Å². The second-order valence-electron chi connectivity index (χ2n) is 9.00. The molecule has 7 nitrogen and oxygen atoms in total. The van der Waals surface area contributed by atoms with Gasteiger partial charge in [-0.2, -0.15) is 5.10 Å². The van der Waals surface area contributed by atoms with Crippen LogP contribution >= 0.6 is 0 Å². The minimum atomic E-state index is -0.157. The molecule has 0 saturated carbocycles. The van der Waals surface area contributed by atoms with E-state index >= 15 is 0 Å². The molecule has 0 bridgehead atoms. The molecule has 0 saturated heterocycles. The Morgan fingerprint density at radius 1 is 1.03 bits per heavy atom. The lowest BCUT2D eigenvalue weighted by Gasteiger charge is -2.15. The molecule has 36 heavy (non-hydrogen) atoms. The maximum atomic E-state index is 6.46. The van der Waals surface area contributed by atoms with Gasteiger partial charge in [-0.15, -0.1) is 0 Å². The fraction of sp³-hybridized carbons (Fsp3) is 0.172. The highest BCUT2D eigenvalue weighted by Gasteiger charge is 2.15. The van der Waals surface area contributed by atoms with Crippen molar-refractivity contribution in [2.24, 2.45) is 5.73 Å². The highest BCUT2D eigenvalue weighted by molar-refractivity contribution is 5.90. The summed E-state index contributed by atoms with van der Waals surface area (Å²) in [6, 6.07) is 18.3. The van der Waals surface area contributed by atoms with E-state index in [1.807, 2.05) is 30.5 Å². The Morgan fingerprint density at radius 2 is 1.94 bits per heavy atom. The molecular formula is C29H27N5O2. The Hall–Kier alpha value is -4.36. The Bertz CT molecular complexity index is 1630. The standard InChI is InChI=1S/C29H27N5O2/c1-2-26-25-12-18(7-8-28(25)34-33-26)24-13-22(15-32-29(24)19-9-10-35-16-19)36-17-21(30)11-20-14-31-27-6-4-3-5-23(20)27/h3-10,12-16,21,31H,2,11,17,30H2,1H3,(H,33,34)/t21-/m0/s1. The fourth-order valence-electron chi connectivity index (χ4n) is 4.72. The molecule has 0 aliphatic heterocycles. The maximum absolute atomic E-state index is 6.46. The molecule has 0 aliphatic carbocycles. The Morgan fingerprint density at radius 3 is 2.81 bits per heavy atom. The van der Waals surface area contributed by atoms with Crippen molar-refractivity contribution in [2.45, 2.75) is 25.8 Å². The van der Waals surface area contributed by atoms with Gasteiger partial charge >= 0.3 is 0 Å². The van der Waals surface area contributed by atoms with Crippen molar-refractivity contribution in [3.63, 3.8) is 0 Å². The highest BCUT2D eigenvalue weighted by Crippen LogP contribution is 2.35. The zero-order valence-corrected chi connectivity index (χ0v) is 20.0. The molecule has 6 rings (SSSR count). The summed E-state index contributed by atoms with van der Waals surface area (Å²) in [7, 11) is 0. The third-order valence-corrected chi connectivity index (χ3v) is 6.57. The molecule has 6 aromatic rings. The summed E-state index contributed by atoms with van der Waals surface area (Å²) < 4.78 is 11.5. The topological polar surface area (TPSA) is 106 Å². The number of nitrogens with zero attached hydrogens (tertiary/aromatic N) is 2. The summed E-state index contributed by atoms with van der Waals surface area (Å²) in [4.78, 5) is 8.06. The van der Waals surface area contributed by atoms with E-state index in [1.54, 1.807) is 18.7 Å². The highest BCUT2D eigenvalue weighted by atomic mass is 16.5. The summed E-state index contributed by atoms with van der Waals surface area (Å²) >= 11 is 0. The molecular weight excluding hydrogens is 450 g/mol. The second-order valence-corrected chi connectivity index (χ2v) is 9.00. The molecule has 1 atom stereocenters. The van der Waals surface area contributed by atoms with E-state index < -0.39 is 0 Å².